The average Bonchev–Trinajstić information content (AvgIpc) is 3.45. The van der Waals surface area contributed by atoms with E-state index in [-0.39, 0.29) is 11.8 Å². The molecule has 7 nitrogen and oxygen atoms in total. The van der Waals surface area contributed by atoms with E-state index in [2.05, 4.69) is 21.0 Å². The van der Waals surface area contributed by atoms with Crippen LogP contribution in [0.2, 0.25) is 0 Å². The predicted octanol–water partition coefficient (Wildman–Crippen LogP) is 4.48. The maximum Gasteiger partial charge on any atom is 0.252 e. The zero-order chi connectivity index (χ0) is 22.3. The van der Waals surface area contributed by atoms with Crippen molar-refractivity contribution in [2.75, 3.05) is 10.6 Å². The van der Waals surface area contributed by atoms with Crippen molar-refractivity contribution in [3.63, 3.8) is 0 Å². The normalized spacial score (nSPS) is 14.7. The number of nitrogens with one attached hydrogen (secondary N) is 3. The van der Waals surface area contributed by atoms with Crippen LogP contribution in [-0.2, 0) is 11.8 Å². The van der Waals surface area contributed by atoms with E-state index < -0.39 is 6.04 Å². The van der Waals surface area contributed by atoms with Crippen molar-refractivity contribution < 1.29 is 9.59 Å². The summed E-state index contributed by atoms with van der Waals surface area (Å²) in [5.74, 6) is -0.0195. The molecule has 166 valence electrons. The molecule has 32 heavy (non-hydrogen) atoms. The topological polar surface area (TPSA) is 88.0 Å². The quantitative estimate of drug-likeness (QED) is 0.491. The molecule has 3 N–H and O–H groups in total. The monoisotopic (exact) mass is 431 g/mol. The Morgan fingerprint density at radius 2 is 1.78 bits per heavy atom. The van der Waals surface area contributed by atoms with Gasteiger partial charge in [-0.2, -0.15) is 5.10 Å². The van der Waals surface area contributed by atoms with Crippen LogP contribution in [0, 0.1) is 5.92 Å². The number of carbonyl (C=O) groups is 2. The molecule has 0 spiro atoms. The Bertz CT molecular complexity index is 1060. The molecule has 2 aromatic carbocycles. The van der Waals surface area contributed by atoms with Gasteiger partial charge in [0, 0.05) is 30.2 Å². The van der Waals surface area contributed by atoms with E-state index in [1.807, 2.05) is 42.5 Å². The smallest absolute Gasteiger partial charge is 0.252 e. The van der Waals surface area contributed by atoms with Crippen molar-refractivity contribution in [3.05, 3.63) is 72.6 Å². The Morgan fingerprint density at radius 3 is 2.50 bits per heavy atom. The lowest BCUT2D eigenvalue weighted by molar-refractivity contribution is -0.118. The first-order valence-electron chi connectivity index (χ1n) is 11.1. The lowest BCUT2D eigenvalue weighted by Gasteiger charge is -2.21. The highest BCUT2D eigenvalue weighted by Gasteiger charge is 2.27. The number of hydrogen-bond acceptors (Lipinski definition) is 4. The second kappa shape index (κ2) is 10.1. The van der Waals surface area contributed by atoms with Gasteiger partial charge in [0.2, 0.25) is 5.91 Å². The molecule has 1 aliphatic rings. The van der Waals surface area contributed by atoms with Crippen LogP contribution in [0.1, 0.15) is 42.5 Å². The second-order valence-corrected chi connectivity index (χ2v) is 8.38. The summed E-state index contributed by atoms with van der Waals surface area (Å²) in [6.07, 6.45) is 8.55. The predicted molar refractivity (Wildman–Crippen MR) is 126 cm³/mol. The van der Waals surface area contributed by atoms with Crippen LogP contribution in [0.5, 0.6) is 0 Å². The molecule has 4 rings (SSSR count). The number of carbonyl (C=O) groups excluding carboxylic acids is 2. The summed E-state index contributed by atoms with van der Waals surface area (Å²) in [6.45, 7) is 0. The SMILES string of the molecule is Cn1cc(NC(=O)[C@H](CC2CCCC2)NC(=O)c2cccc(Nc3ccccc3)c2)cn1. The number of rotatable bonds is 8. The zero-order valence-corrected chi connectivity index (χ0v) is 18.3. The zero-order valence-electron chi connectivity index (χ0n) is 18.3. The highest BCUT2D eigenvalue weighted by atomic mass is 16.2. The van der Waals surface area contributed by atoms with Gasteiger partial charge in [-0.15, -0.1) is 0 Å². The fourth-order valence-electron chi connectivity index (χ4n) is 4.19. The first-order chi connectivity index (χ1) is 15.6. The van der Waals surface area contributed by atoms with Crippen LogP contribution < -0.4 is 16.0 Å². The number of aryl methyl sites for hydroxylation is 1. The van der Waals surface area contributed by atoms with Crippen LogP contribution in [0.15, 0.2) is 67.0 Å². The third-order valence-corrected chi connectivity index (χ3v) is 5.83. The van der Waals surface area contributed by atoms with Gasteiger partial charge in [-0.25, -0.2) is 0 Å². The van der Waals surface area contributed by atoms with Gasteiger partial charge >= 0.3 is 0 Å². The van der Waals surface area contributed by atoms with E-state index in [0.717, 1.165) is 24.2 Å². The van der Waals surface area contributed by atoms with E-state index in [1.165, 1.54) is 12.8 Å². The third-order valence-electron chi connectivity index (χ3n) is 5.83. The molecule has 1 saturated carbocycles. The van der Waals surface area contributed by atoms with Crippen LogP contribution in [0.25, 0.3) is 0 Å². The highest BCUT2D eigenvalue weighted by Crippen LogP contribution is 2.29. The number of benzene rings is 2. The van der Waals surface area contributed by atoms with Crippen molar-refractivity contribution in [1.29, 1.82) is 0 Å². The highest BCUT2D eigenvalue weighted by molar-refractivity contribution is 6.01. The van der Waals surface area contributed by atoms with Crippen molar-refractivity contribution in [2.24, 2.45) is 13.0 Å². The molecule has 1 aromatic heterocycles. The first-order valence-corrected chi connectivity index (χ1v) is 11.1. The van der Waals surface area contributed by atoms with Crippen LogP contribution >= 0.6 is 0 Å². The van der Waals surface area contributed by atoms with E-state index >= 15 is 0 Å². The molecule has 2 amide bonds. The van der Waals surface area contributed by atoms with Gasteiger partial charge in [-0.1, -0.05) is 49.9 Å². The molecule has 0 unspecified atom stereocenters. The minimum absolute atomic E-state index is 0.211. The molecule has 3 aromatic rings. The van der Waals surface area contributed by atoms with Crippen LogP contribution in [0.3, 0.4) is 0 Å². The molecule has 1 heterocycles. The summed E-state index contributed by atoms with van der Waals surface area (Å²) in [5, 5.41) is 13.3. The van der Waals surface area contributed by atoms with E-state index in [4.69, 9.17) is 0 Å². The standard InChI is InChI=1S/C25H29N5O2/c1-30-17-22(16-26-30)28-25(32)23(14-18-8-5-6-9-18)29-24(31)19-10-7-13-21(15-19)27-20-11-3-2-4-12-20/h2-4,7,10-13,15-18,23,27H,5-6,8-9,14H2,1H3,(H,28,32)(H,29,31)/t23-/m0/s1. The number of amides is 2. The molecular formula is C25H29N5O2. The Morgan fingerprint density at radius 1 is 1.03 bits per heavy atom. The summed E-state index contributed by atoms with van der Waals surface area (Å²) in [5.41, 5.74) is 2.89. The van der Waals surface area contributed by atoms with E-state index in [9.17, 15) is 9.59 Å². The maximum absolute atomic E-state index is 13.1. The van der Waals surface area contributed by atoms with Crippen LogP contribution in [-0.4, -0.2) is 27.6 Å². The molecule has 7 heteroatoms. The Hall–Kier alpha value is -3.61. The number of para-hydroxylation sites is 1. The summed E-state index contributed by atoms with van der Waals surface area (Å²) in [6, 6.07) is 16.5. The molecule has 0 radical (unpaired) electrons. The number of aromatic nitrogens is 2. The largest absolute Gasteiger partial charge is 0.356 e. The third kappa shape index (κ3) is 5.75. The van der Waals surface area contributed by atoms with Gasteiger partial charge in [0.15, 0.2) is 0 Å². The minimum atomic E-state index is -0.600. The fraction of sp³-hybridized carbons (Fsp3) is 0.320. The summed E-state index contributed by atoms with van der Waals surface area (Å²) < 4.78 is 1.63. The first kappa shape index (κ1) is 21.6. The van der Waals surface area contributed by atoms with Gasteiger partial charge in [0.05, 0.1) is 11.9 Å². The van der Waals surface area contributed by atoms with E-state index in [0.29, 0.717) is 23.6 Å². The fourth-order valence-corrected chi connectivity index (χ4v) is 4.19. The Labute approximate surface area is 188 Å². The lowest BCUT2D eigenvalue weighted by atomic mass is 9.97. The Kier molecular flexibility index (Phi) is 6.84. The summed E-state index contributed by atoms with van der Waals surface area (Å²) in [4.78, 5) is 26.1. The molecule has 1 fully saturated rings. The van der Waals surface area contributed by atoms with Gasteiger partial charge in [-0.3, -0.25) is 14.3 Å². The summed E-state index contributed by atoms with van der Waals surface area (Å²) in [7, 11) is 1.80. The Balaban J connectivity index is 1.46. The lowest BCUT2D eigenvalue weighted by Crippen LogP contribution is -2.44. The van der Waals surface area contributed by atoms with Gasteiger partial charge in [0.25, 0.3) is 5.91 Å². The molecule has 1 atom stereocenters. The van der Waals surface area contributed by atoms with Gasteiger partial charge in [-0.05, 0) is 42.7 Å². The van der Waals surface area contributed by atoms with Crippen molar-refractivity contribution >= 4 is 28.9 Å². The molecule has 0 aliphatic heterocycles. The van der Waals surface area contributed by atoms with Gasteiger partial charge < -0.3 is 16.0 Å². The van der Waals surface area contributed by atoms with E-state index in [1.54, 1.807) is 36.3 Å². The summed E-state index contributed by atoms with van der Waals surface area (Å²) >= 11 is 0. The van der Waals surface area contributed by atoms with Crippen LogP contribution in [0.4, 0.5) is 17.1 Å². The van der Waals surface area contributed by atoms with Crippen molar-refractivity contribution in [2.45, 2.75) is 38.1 Å². The van der Waals surface area contributed by atoms with Crippen molar-refractivity contribution in [3.8, 4) is 0 Å². The number of nitrogens with zero attached hydrogens (tertiary/aromatic N) is 2. The maximum atomic E-state index is 13.1. The molecule has 1 aliphatic carbocycles. The molecule has 0 saturated heterocycles. The average molecular weight is 432 g/mol. The van der Waals surface area contributed by atoms with Gasteiger partial charge in [0.1, 0.15) is 6.04 Å². The number of hydrogen-bond donors (Lipinski definition) is 3. The molecular weight excluding hydrogens is 402 g/mol. The number of anilines is 3. The van der Waals surface area contributed by atoms with Crippen molar-refractivity contribution in [1.82, 2.24) is 15.1 Å². The second-order valence-electron chi connectivity index (χ2n) is 8.38. The molecule has 0 bridgehead atoms. The minimum Gasteiger partial charge on any atom is -0.356 e.